The minimum absolute atomic E-state index is 0. The van der Waals surface area contributed by atoms with Crippen molar-refractivity contribution >= 4 is 28.5 Å². The fourth-order valence-corrected chi connectivity index (χ4v) is 4.05. The average Bonchev–Trinajstić information content (AvgIpc) is 2.47. The predicted octanol–water partition coefficient (Wildman–Crippen LogP) is 0.0552. The number of nitrogens with two attached hydrogens (primary N) is 2. The van der Waals surface area contributed by atoms with Crippen LogP contribution in [0.4, 0.5) is 0 Å². The number of carbonyl (C=O) groups excluding carboxylic acids is 1. The molecular formula is C13H27ClN4O3S. The van der Waals surface area contributed by atoms with Gasteiger partial charge >= 0.3 is 0 Å². The number of nitrogens with zero attached hydrogens (tertiary/aromatic N) is 2. The number of halogens is 1. The number of hydrogen-bond acceptors (Lipinski definition) is 4. The van der Waals surface area contributed by atoms with E-state index in [0.717, 1.165) is 25.7 Å². The lowest BCUT2D eigenvalue weighted by atomic mass is 9.71. The Morgan fingerprint density at radius 2 is 1.59 bits per heavy atom. The van der Waals surface area contributed by atoms with E-state index in [4.69, 9.17) is 10.9 Å². The monoisotopic (exact) mass is 354 g/mol. The highest BCUT2D eigenvalue weighted by molar-refractivity contribution is 7.86. The van der Waals surface area contributed by atoms with Gasteiger partial charge in [0.2, 0.25) is 5.91 Å². The van der Waals surface area contributed by atoms with Crippen LogP contribution >= 0.6 is 12.4 Å². The number of carbonyl (C=O) groups is 1. The summed E-state index contributed by atoms with van der Waals surface area (Å²) in [5, 5.41) is 5.10. The van der Waals surface area contributed by atoms with Crippen LogP contribution in [0.2, 0.25) is 0 Å². The van der Waals surface area contributed by atoms with Gasteiger partial charge in [0.1, 0.15) is 0 Å². The molecule has 0 spiro atoms. The van der Waals surface area contributed by atoms with E-state index in [-0.39, 0.29) is 36.8 Å². The van der Waals surface area contributed by atoms with Crippen LogP contribution in [0.3, 0.4) is 0 Å². The summed E-state index contributed by atoms with van der Waals surface area (Å²) in [7, 11) is -3.64. The molecule has 2 rings (SSSR count). The Hall–Kier alpha value is -0.410. The van der Waals surface area contributed by atoms with Crippen LogP contribution in [0.15, 0.2) is 0 Å². The second-order valence-corrected chi connectivity index (χ2v) is 7.81. The summed E-state index contributed by atoms with van der Waals surface area (Å²) in [5.74, 6) is 0.0939. The maximum atomic E-state index is 12.5. The number of rotatable bonds is 4. The van der Waals surface area contributed by atoms with E-state index in [1.165, 1.54) is 10.7 Å². The fourth-order valence-electron chi connectivity index (χ4n) is 3.38. The third-order valence-corrected chi connectivity index (χ3v) is 5.91. The Balaban J connectivity index is 0.00000242. The summed E-state index contributed by atoms with van der Waals surface area (Å²) in [6.45, 7) is 1.93. The van der Waals surface area contributed by atoms with Crippen molar-refractivity contribution in [3.8, 4) is 0 Å². The molecule has 0 aromatic rings. The lowest BCUT2D eigenvalue weighted by Gasteiger charge is -2.39. The first-order valence-electron chi connectivity index (χ1n) is 7.62. The number of hydrogen-bond donors (Lipinski definition) is 2. The Morgan fingerprint density at radius 1 is 1.05 bits per heavy atom. The van der Waals surface area contributed by atoms with Crippen LogP contribution in [0.25, 0.3) is 0 Å². The molecule has 0 unspecified atom stereocenters. The smallest absolute Gasteiger partial charge is 0.277 e. The molecule has 2 aliphatic rings. The van der Waals surface area contributed by atoms with Gasteiger partial charge in [0, 0.05) is 32.6 Å². The molecule has 0 aromatic heterocycles. The predicted molar refractivity (Wildman–Crippen MR) is 87.7 cm³/mol. The third kappa shape index (κ3) is 4.79. The van der Waals surface area contributed by atoms with Crippen molar-refractivity contribution in [2.75, 3.05) is 32.7 Å². The molecule has 0 bridgehead atoms. The second kappa shape index (κ2) is 7.92. The summed E-state index contributed by atoms with van der Waals surface area (Å²) in [6.07, 6.45) is 6.04. The molecule has 22 heavy (non-hydrogen) atoms. The Labute approximate surface area is 139 Å². The van der Waals surface area contributed by atoms with E-state index in [0.29, 0.717) is 26.1 Å². The zero-order valence-electron chi connectivity index (χ0n) is 12.9. The normalized spacial score (nSPS) is 22.9. The van der Waals surface area contributed by atoms with Gasteiger partial charge in [-0.05, 0) is 24.8 Å². The van der Waals surface area contributed by atoms with Gasteiger partial charge in [-0.3, -0.25) is 4.79 Å². The maximum absolute atomic E-state index is 12.5. The zero-order chi connectivity index (χ0) is 15.5. The second-order valence-electron chi connectivity index (χ2n) is 6.27. The third-order valence-electron chi connectivity index (χ3n) is 4.82. The van der Waals surface area contributed by atoms with Crippen LogP contribution in [0, 0.1) is 5.41 Å². The first-order valence-corrected chi connectivity index (χ1v) is 9.12. The SMILES string of the molecule is Cl.NCC1(CC(=O)N2CCN(S(N)(=O)=O)CC2)CCCCC1. The highest BCUT2D eigenvalue weighted by Gasteiger charge is 2.35. The highest BCUT2D eigenvalue weighted by atomic mass is 35.5. The summed E-state index contributed by atoms with van der Waals surface area (Å²) in [4.78, 5) is 14.2. The van der Waals surface area contributed by atoms with Crippen LogP contribution in [-0.2, 0) is 15.0 Å². The number of amides is 1. The van der Waals surface area contributed by atoms with E-state index >= 15 is 0 Å². The molecule has 1 aliphatic carbocycles. The van der Waals surface area contributed by atoms with E-state index in [9.17, 15) is 13.2 Å². The lowest BCUT2D eigenvalue weighted by molar-refractivity contribution is -0.135. The van der Waals surface area contributed by atoms with E-state index in [2.05, 4.69) is 0 Å². The van der Waals surface area contributed by atoms with Gasteiger partial charge in [0.25, 0.3) is 10.2 Å². The van der Waals surface area contributed by atoms with Crippen LogP contribution < -0.4 is 10.9 Å². The molecule has 2 fully saturated rings. The standard InChI is InChI=1S/C13H26N4O3S.ClH/c14-11-13(4-2-1-3-5-13)10-12(18)16-6-8-17(9-7-16)21(15,19)20;/h1-11,14H2,(H2,15,19,20);1H. The summed E-state index contributed by atoms with van der Waals surface area (Å²) >= 11 is 0. The van der Waals surface area contributed by atoms with Crippen molar-refractivity contribution in [2.45, 2.75) is 38.5 Å². The molecule has 9 heteroatoms. The van der Waals surface area contributed by atoms with Crippen LogP contribution in [0.5, 0.6) is 0 Å². The maximum Gasteiger partial charge on any atom is 0.277 e. The molecule has 1 aliphatic heterocycles. The van der Waals surface area contributed by atoms with Crippen molar-refractivity contribution in [3.05, 3.63) is 0 Å². The van der Waals surface area contributed by atoms with E-state index in [1.54, 1.807) is 4.90 Å². The molecule has 0 radical (unpaired) electrons. The Morgan fingerprint density at radius 3 is 2.05 bits per heavy atom. The van der Waals surface area contributed by atoms with Crippen LogP contribution in [-0.4, -0.2) is 56.3 Å². The summed E-state index contributed by atoms with van der Waals surface area (Å²) < 4.78 is 23.7. The molecule has 7 nitrogen and oxygen atoms in total. The Kier molecular flexibility index (Phi) is 7.07. The average molecular weight is 355 g/mol. The van der Waals surface area contributed by atoms with Crippen molar-refractivity contribution in [3.63, 3.8) is 0 Å². The van der Waals surface area contributed by atoms with Crippen molar-refractivity contribution in [1.82, 2.24) is 9.21 Å². The molecule has 0 atom stereocenters. The zero-order valence-corrected chi connectivity index (χ0v) is 14.5. The van der Waals surface area contributed by atoms with Gasteiger partial charge in [-0.2, -0.15) is 12.7 Å². The topological polar surface area (TPSA) is 110 Å². The number of piperazine rings is 1. The van der Waals surface area contributed by atoms with Gasteiger partial charge in [-0.25, -0.2) is 5.14 Å². The molecule has 130 valence electrons. The van der Waals surface area contributed by atoms with Gasteiger partial charge < -0.3 is 10.6 Å². The minimum Gasteiger partial charge on any atom is -0.340 e. The first-order chi connectivity index (χ1) is 9.86. The van der Waals surface area contributed by atoms with Gasteiger partial charge in [0.15, 0.2) is 0 Å². The molecule has 1 amide bonds. The van der Waals surface area contributed by atoms with Gasteiger partial charge in [-0.1, -0.05) is 19.3 Å². The Bertz CT molecular complexity index is 472. The lowest BCUT2D eigenvalue weighted by Crippen LogP contribution is -2.53. The van der Waals surface area contributed by atoms with E-state index in [1.807, 2.05) is 0 Å². The highest BCUT2D eigenvalue weighted by Crippen LogP contribution is 2.38. The largest absolute Gasteiger partial charge is 0.340 e. The van der Waals surface area contributed by atoms with Crippen LogP contribution in [0.1, 0.15) is 38.5 Å². The fraction of sp³-hybridized carbons (Fsp3) is 0.923. The first kappa shape index (κ1) is 19.6. The van der Waals surface area contributed by atoms with Gasteiger partial charge in [0.05, 0.1) is 0 Å². The molecule has 4 N–H and O–H groups in total. The van der Waals surface area contributed by atoms with Crippen molar-refractivity contribution in [2.24, 2.45) is 16.3 Å². The summed E-state index contributed by atoms with van der Waals surface area (Å²) in [6, 6.07) is 0. The molecular weight excluding hydrogens is 328 g/mol. The molecule has 1 saturated heterocycles. The summed E-state index contributed by atoms with van der Waals surface area (Å²) in [5.41, 5.74) is 5.87. The van der Waals surface area contributed by atoms with Crippen molar-refractivity contribution < 1.29 is 13.2 Å². The molecule has 1 heterocycles. The van der Waals surface area contributed by atoms with E-state index < -0.39 is 10.2 Å². The van der Waals surface area contributed by atoms with Crippen molar-refractivity contribution in [1.29, 1.82) is 0 Å². The molecule has 0 aromatic carbocycles. The minimum atomic E-state index is -3.64. The van der Waals surface area contributed by atoms with Gasteiger partial charge in [-0.15, -0.1) is 12.4 Å². The molecule has 1 saturated carbocycles. The quantitative estimate of drug-likeness (QED) is 0.743.